The van der Waals surface area contributed by atoms with E-state index in [2.05, 4.69) is 33.2 Å². The maximum absolute atomic E-state index is 4.87. The van der Waals surface area contributed by atoms with Crippen LogP contribution in [0.2, 0.25) is 0 Å². The summed E-state index contributed by atoms with van der Waals surface area (Å²) in [5.74, 6) is 6.56. The molecule has 1 aliphatic heterocycles. The molecular formula is C12H13N3O. The third kappa shape index (κ3) is 2.74. The number of ether oxygens (including phenoxy) is 1. The van der Waals surface area contributed by atoms with E-state index < -0.39 is 0 Å². The zero-order valence-electron chi connectivity index (χ0n) is 9.10. The van der Waals surface area contributed by atoms with Crippen LogP contribution in [0.25, 0.3) is 0 Å². The van der Waals surface area contributed by atoms with Crippen LogP contribution in [0.4, 0.5) is 0 Å². The molecule has 0 saturated heterocycles. The second-order valence-electron chi connectivity index (χ2n) is 3.44. The molecule has 0 fully saturated rings. The van der Waals surface area contributed by atoms with E-state index in [1.54, 1.807) is 19.5 Å². The molecule has 0 radical (unpaired) electrons. The lowest BCUT2D eigenvalue weighted by Crippen LogP contribution is -2.16. The second kappa shape index (κ2) is 5.17. The lowest BCUT2D eigenvalue weighted by molar-refractivity contribution is 0.379. The van der Waals surface area contributed by atoms with Gasteiger partial charge in [-0.25, -0.2) is 9.97 Å². The van der Waals surface area contributed by atoms with Crippen LogP contribution in [-0.2, 0) is 0 Å². The number of aromatic nitrogens is 2. The van der Waals surface area contributed by atoms with Crippen molar-refractivity contribution in [1.29, 1.82) is 0 Å². The van der Waals surface area contributed by atoms with E-state index in [1.165, 1.54) is 0 Å². The van der Waals surface area contributed by atoms with E-state index in [-0.39, 0.29) is 0 Å². The van der Waals surface area contributed by atoms with E-state index in [0.717, 1.165) is 18.5 Å². The maximum atomic E-state index is 4.87. The summed E-state index contributed by atoms with van der Waals surface area (Å²) in [6.45, 7) is 0.981. The number of methoxy groups -OCH3 is 1. The van der Waals surface area contributed by atoms with Crippen molar-refractivity contribution < 1.29 is 4.74 Å². The molecule has 82 valence electrons. The molecule has 16 heavy (non-hydrogen) atoms. The van der Waals surface area contributed by atoms with Crippen LogP contribution in [0.1, 0.15) is 12.0 Å². The minimum absolute atomic E-state index is 0.323. The molecule has 4 nitrogen and oxygen atoms in total. The summed E-state index contributed by atoms with van der Waals surface area (Å²) in [4.78, 5) is 7.99. The van der Waals surface area contributed by atoms with Gasteiger partial charge in [-0.3, -0.25) is 0 Å². The first-order valence-electron chi connectivity index (χ1n) is 5.16. The highest BCUT2D eigenvalue weighted by Crippen LogP contribution is 2.07. The van der Waals surface area contributed by atoms with Crippen molar-refractivity contribution in [1.82, 2.24) is 15.3 Å². The van der Waals surface area contributed by atoms with Gasteiger partial charge in [0.05, 0.1) is 12.7 Å². The Labute approximate surface area is 94.8 Å². The Bertz CT molecular complexity index is 428. The molecule has 0 bridgehead atoms. The predicted octanol–water partition coefficient (Wildman–Crippen LogP) is 0.960. The standard InChI is InChI=1S/C12H13N3O/c1-16-12-14-8-11(9-15-12)3-2-10-4-6-13-7-5-10/h4,6,8-10,13H,5,7H2,1H3. The summed E-state index contributed by atoms with van der Waals surface area (Å²) in [6, 6.07) is 0.368. The van der Waals surface area contributed by atoms with Crippen molar-refractivity contribution in [2.45, 2.75) is 6.42 Å². The summed E-state index contributed by atoms with van der Waals surface area (Å²) in [6.07, 6.45) is 8.40. The lowest BCUT2D eigenvalue weighted by atomic mass is 10.0. The molecule has 1 aromatic heterocycles. The summed E-state index contributed by atoms with van der Waals surface area (Å²) in [5, 5.41) is 3.14. The Hall–Kier alpha value is -2.02. The van der Waals surface area contributed by atoms with E-state index in [9.17, 15) is 0 Å². The molecule has 0 aliphatic carbocycles. The summed E-state index contributed by atoms with van der Waals surface area (Å²) < 4.78 is 4.87. The van der Waals surface area contributed by atoms with Gasteiger partial charge in [0.1, 0.15) is 0 Å². The molecule has 2 rings (SSSR count). The molecular weight excluding hydrogens is 202 g/mol. The van der Waals surface area contributed by atoms with Gasteiger partial charge in [0, 0.05) is 24.9 Å². The Balaban J connectivity index is 2.05. The van der Waals surface area contributed by atoms with Crippen molar-refractivity contribution in [2.24, 2.45) is 5.92 Å². The van der Waals surface area contributed by atoms with Gasteiger partial charge in [0.25, 0.3) is 0 Å². The fraction of sp³-hybridized carbons (Fsp3) is 0.333. The SMILES string of the molecule is COc1ncc(C#CC2C=CNCC2)cn1. The van der Waals surface area contributed by atoms with Crippen LogP contribution >= 0.6 is 0 Å². The maximum Gasteiger partial charge on any atom is 0.316 e. The van der Waals surface area contributed by atoms with Crippen LogP contribution < -0.4 is 10.1 Å². The first-order chi connectivity index (χ1) is 7.88. The predicted molar refractivity (Wildman–Crippen MR) is 60.7 cm³/mol. The average molecular weight is 215 g/mol. The molecule has 1 aliphatic rings. The fourth-order valence-electron chi connectivity index (χ4n) is 1.39. The van der Waals surface area contributed by atoms with Crippen molar-refractivity contribution in [3.63, 3.8) is 0 Å². The Morgan fingerprint density at radius 1 is 1.44 bits per heavy atom. The largest absolute Gasteiger partial charge is 0.467 e. The van der Waals surface area contributed by atoms with E-state index >= 15 is 0 Å². The van der Waals surface area contributed by atoms with Crippen LogP contribution in [0.5, 0.6) is 6.01 Å². The van der Waals surface area contributed by atoms with Gasteiger partial charge in [-0.15, -0.1) is 0 Å². The summed E-state index contributed by atoms with van der Waals surface area (Å²) >= 11 is 0. The van der Waals surface area contributed by atoms with Gasteiger partial charge < -0.3 is 10.1 Å². The van der Waals surface area contributed by atoms with Crippen molar-refractivity contribution in [3.8, 4) is 17.9 Å². The third-order valence-electron chi connectivity index (χ3n) is 2.26. The number of rotatable bonds is 1. The highest BCUT2D eigenvalue weighted by atomic mass is 16.5. The third-order valence-corrected chi connectivity index (χ3v) is 2.26. The van der Waals surface area contributed by atoms with Gasteiger partial charge in [0.2, 0.25) is 0 Å². The van der Waals surface area contributed by atoms with Gasteiger partial charge in [-0.05, 0) is 12.6 Å². The Kier molecular flexibility index (Phi) is 3.39. The minimum atomic E-state index is 0.323. The van der Waals surface area contributed by atoms with Gasteiger partial charge in [0.15, 0.2) is 0 Å². The molecule has 1 aromatic rings. The number of hydrogen-bond acceptors (Lipinski definition) is 4. The lowest BCUT2D eigenvalue weighted by Gasteiger charge is -2.10. The van der Waals surface area contributed by atoms with Crippen LogP contribution in [0.15, 0.2) is 24.7 Å². The molecule has 0 spiro atoms. The first kappa shape index (κ1) is 10.5. The molecule has 4 heteroatoms. The molecule has 1 unspecified atom stereocenters. The van der Waals surface area contributed by atoms with Crippen molar-refractivity contribution >= 4 is 0 Å². The number of allylic oxidation sites excluding steroid dienone is 1. The second-order valence-corrected chi connectivity index (χ2v) is 3.44. The van der Waals surface area contributed by atoms with E-state index in [4.69, 9.17) is 4.74 Å². The zero-order chi connectivity index (χ0) is 11.2. The minimum Gasteiger partial charge on any atom is -0.467 e. The highest BCUT2D eigenvalue weighted by molar-refractivity contribution is 5.32. The smallest absolute Gasteiger partial charge is 0.316 e. The van der Waals surface area contributed by atoms with Crippen molar-refractivity contribution in [2.75, 3.05) is 13.7 Å². The highest BCUT2D eigenvalue weighted by Gasteiger charge is 2.03. The topological polar surface area (TPSA) is 47.0 Å². The molecule has 1 N–H and O–H groups in total. The molecule has 0 saturated carbocycles. The van der Waals surface area contributed by atoms with E-state index in [0.29, 0.717) is 11.9 Å². The van der Waals surface area contributed by atoms with Crippen LogP contribution in [0, 0.1) is 17.8 Å². The monoisotopic (exact) mass is 215 g/mol. The fourth-order valence-corrected chi connectivity index (χ4v) is 1.39. The normalized spacial score (nSPS) is 18.2. The van der Waals surface area contributed by atoms with Gasteiger partial charge in [-0.2, -0.15) is 0 Å². The van der Waals surface area contributed by atoms with E-state index in [1.807, 2.05) is 6.20 Å². The molecule has 1 atom stereocenters. The Morgan fingerprint density at radius 3 is 2.88 bits per heavy atom. The van der Waals surface area contributed by atoms with Gasteiger partial charge >= 0.3 is 6.01 Å². The molecule has 2 heterocycles. The number of hydrogen-bond donors (Lipinski definition) is 1. The van der Waals surface area contributed by atoms with Gasteiger partial charge in [-0.1, -0.05) is 17.9 Å². The summed E-state index contributed by atoms with van der Waals surface area (Å²) in [7, 11) is 1.54. The van der Waals surface area contributed by atoms with Crippen LogP contribution in [0.3, 0.4) is 0 Å². The Morgan fingerprint density at radius 2 is 2.25 bits per heavy atom. The number of nitrogens with zero attached hydrogens (tertiary/aromatic N) is 2. The zero-order valence-corrected chi connectivity index (χ0v) is 9.10. The van der Waals surface area contributed by atoms with Crippen molar-refractivity contribution in [3.05, 3.63) is 30.2 Å². The molecule has 0 amide bonds. The summed E-state index contributed by atoms with van der Waals surface area (Å²) in [5.41, 5.74) is 0.813. The first-order valence-corrected chi connectivity index (χ1v) is 5.16. The van der Waals surface area contributed by atoms with Crippen LogP contribution in [-0.4, -0.2) is 23.6 Å². The average Bonchev–Trinajstić information content (AvgIpc) is 2.38. The quantitative estimate of drug-likeness (QED) is 0.709. The molecule has 0 aromatic carbocycles. The number of nitrogens with one attached hydrogen (secondary N) is 1.